The van der Waals surface area contributed by atoms with Crippen LogP contribution in [0.4, 0.5) is 0 Å². The van der Waals surface area contributed by atoms with Gasteiger partial charge in [-0.2, -0.15) is 0 Å². The Balaban J connectivity index is 1.79. The summed E-state index contributed by atoms with van der Waals surface area (Å²) in [4.78, 5) is 4.84. The second-order valence-corrected chi connectivity index (χ2v) is 6.04. The topological polar surface area (TPSA) is 12.4 Å². The molecule has 1 fully saturated rings. The van der Waals surface area contributed by atoms with Crippen LogP contribution < -0.4 is 0 Å². The maximum Gasteiger partial charge on any atom is 0.0755 e. The zero-order valence-electron chi connectivity index (χ0n) is 11.2. The van der Waals surface area contributed by atoms with E-state index >= 15 is 0 Å². The van der Waals surface area contributed by atoms with Crippen LogP contribution in [-0.2, 0) is 0 Å². The molecule has 0 spiro atoms. The van der Waals surface area contributed by atoms with Crippen LogP contribution in [0.5, 0.6) is 0 Å². The summed E-state index contributed by atoms with van der Waals surface area (Å²) in [5.41, 5.74) is 4.20. The number of nitrogens with zero attached hydrogens (tertiary/aromatic N) is 1. The quantitative estimate of drug-likeness (QED) is 0.640. The first-order valence-electron chi connectivity index (χ1n) is 7.12. The van der Waals surface area contributed by atoms with Crippen molar-refractivity contribution in [3.05, 3.63) is 23.3 Å². The van der Waals surface area contributed by atoms with E-state index < -0.39 is 0 Å². The first-order valence-corrected chi connectivity index (χ1v) is 7.12. The molecule has 0 N–H and O–H groups in total. The number of hydrogen-bond acceptors (Lipinski definition) is 1. The summed E-state index contributed by atoms with van der Waals surface area (Å²) in [6, 6.07) is 0.486. The lowest BCUT2D eigenvalue weighted by molar-refractivity contribution is 0.405. The highest BCUT2D eigenvalue weighted by atomic mass is 14.8. The molecule has 0 radical (unpaired) electrons. The van der Waals surface area contributed by atoms with Crippen molar-refractivity contribution in [3.8, 4) is 0 Å². The molecule has 2 aliphatic carbocycles. The third-order valence-corrected chi connectivity index (χ3v) is 4.93. The predicted octanol–water partition coefficient (Wildman–Crippen LogP) is 4.16. The Hall–Kier alpha value is -0.850. The van der Waals surface area contributed by atoms with Crippen LogP contribution in [0, 0.1) is 17.8 Å². The smallest absolute Gasteiger partial charge is 0.0755 e. The van der Waals surface area contributed by atoms with Crippen LogP contribution in [0.15, 0.2) is 28.3 Å². The zero-order chi connectivity index (χ0) is 12.0. The fourth-order valence-electron chi connectivity index (χ4n) is 3.77. The average Bonchev–Trinajstić information content (AvgIpc) is 2.98. The second-order valence-electron chi connectivity index (χ2n) is 6.04. The maximum absolute atomic E-state index is 4.84. The van der Waals surface area contributed by atoms with Crippen molar-refractivity contribution in [2.75, 3.05) is 0 Å². The number of hydrogen-bond donors (Lipinski definition) is 0. The number of aliphatic imine (C=N–C) groups is 1. The molecule has 0 amide bonds. The number of fused-ring (bicyclic) bond motifs is 1. The van der Waals surface area contributed by atoms with Crippen molar-refractivity contribution in [1.29, 1.82) is 0 Å². The van der Waals surface area contributed by atoms with E-state index in [0.29, 0.717) is 6.04 Å². The maximum atomic E-state index is 4.84. The van der Waals surface area contributed by atoms with Gasteiger partial charge in [0.25, 0.3) is 0 Å². The van der Waals surface area contributed by atoms with Crippen molar-refractivity contribution >= 4 is 5.71 Å². The molecule has 0 bridgehead atoms. The Morgan fingerprint density at radius 2 is 2.12 bits per heavy atom. The highest BCUT2D eigenvalue weighted by Gasteiger charge is 2.40. The molecule has 0 aromatic rings. The lowest BCUT2D eigenvalue weighted by Gasteiger charge is -2.12. The fraction of sp³-hybridized carbons (Fsp3) is 0.688. The lowest BCUT2D eigenvalue weighted by Crippen LogP contribution is -2.05. The lowest BCUT2D eigenvalue weighted by atomic mass is 9.94. The van der Waals surface area contributed by atoms with Gasteiger partial charge in [0.2, 0.25) is 0 Å². The van der Waals surface area contributed by atoms with Gasteiger partial charge in [0.1, 0.15) is 0 Å². The number of allylic oxidation sites excluding steroid dienone is 2. The van der Waals surface area contributed by atoms with Crippen molar-refractivity contribution < 1.29 is 0 Å². The van der Waals surface area contributed by atoms with Gasteiger partial charge in [-0.1, -0.05) is 19.1 Å². The van der Waals surface area contributed by atoms with Gasteiger partial charge in [-0.3, -0.25) is 4.99 Å². The predicted molar refractivity (Wildman–Crippen MR) is 73.3 cm³/mol. The van der Waals surface area contributed by atoms with Gasteiger partial charge >= 0.3 is 0 Å². The van der Waals surface area contributed by atoms with E-state index in [-0.39, 0.29) is 0 Å². The highest BCUT2D eigenvalue weighted by molar-refractivity contribution is 6.05. The molecule has 4 unspecified atom stereocenters. The van der Waals surface area contributed by atoms with E-state index in [1.165, 1.54) is 42.5 Å². The van der Waals surface area contributed by atoms with Crippen molar-refractivity contribution in [1.82, 2.24) is 0 Å². The van der Waals surface area contributed by atoms with Crippen molar-refractivity contribution in [2.45, 2.75) is 52.5 Å². The minimum Gasteiger partial charge on any atom is -0.281 e. The molecule has 1 aliphatic heterocycles. The third kappa shape index (κ3) is 1.90. The summed E-state index contributed by atoms with van der Waals surface area (Å²) in [6.07, 6.45) is 10.2. The average molecular weight is 229 g/mol. The molecule has 1 heteroatoms. The highest BCUT2D eigenvalue weighted by Crippen LogP contribution is 2.49. The van der Waals surface area contributed by atoms with Gasteiger partial charge in [0.05, 0.1) is 6.04 Å². The molecule has 1 heterocycles. The first kappa shape index (κ1) is 11.3. The summed E-state index contributed by atoms with van der Waals surface area (Å²) in [7, 11) is 0. The number of rotatable bonds is 1. The van der Waals surface area contributed by atoms with Gasteiger partial charge in [0.15, 0.2) is 0 Å². The van der Waals surface area contributed by atoms with Crippen LogP contribution in [0.3, 0.4) is 0 Å². The molecule has 1 saturated carbocycles. The van der Waals surface area contributed by atoms with Gasteiger partial charge in [-0.25, -0.2) is 0 Å². The fourth-order valence-corrected chi connectivity index (χ4v) is 3.77. The minimum absolute atomic E-state index is 0.486. The Morgan fingerprint density at radius 3 is 2.76 bits per heavy atom. The molecule has 4 atom stereocenters. The van der Waals surface area contributed by atoms with Crippen LogP contribution in [0.2, 0.25) is 0 Å². The molecule has 0 aromatic heterocycles. The third-order valence-electron chi connectivity index (χ3n) is 4.93. The minimum atomic E-state index is 0.486. The Morgan fingerprint density at radius 1 is 1.35 bits per heavy atom. The summed E-state index contributed by atoms with van der Waals surface area (Å²) in [6.45, 7) is 6.71. The molecule has 17 heavy (non-hydrogen) atoms. The van der Waals surface area contributed by atoms with E-state index in [2.05, 4.69) is 32.9 Å². The summed E-state index contributed by atoms with van der Waals surface area (Å²) >= 11 is 0. The molecule has 0 saturated heterocycles. The van der Waals surface area contributed by atoms with Gasteiger partial charge in [-0.15, -0.1) is 0 Å². The van der Waals surface area contributed by atoms with Crippen molar-refractivity contribution in [2.24, 2.45) is 22.7 Å². The van der Waals surface area contributed by atoms with Crippen LogP contribution in [-0.4, -0.2) is 11.8 Å². The first-order chi connectivity index (χ1) is 8.20. The standard InChI is InChI=1S/C16H23N/c1-4-13-11(3)17-16-8-6-12(5-7-14(13)16)15-9-10(15)2/h4,7,10,12,15-16H,5-6,8-9H2,1-3H3. The van der Waals surface area contributed by atoms with Gasteiger partial charge in [0, 0.05) is 5.71 Å². The van der Waals surface area contributed by atoms with E-state index in [9.17, 15) is 0 Å². The van der Waals surface area contributed by atoms with Crippen LogP contribution in [0.1, 0.15) is 46.5 Å². The zero-order valence-corrected chi connectivity index (χ0v) is 11.2. The molecule has 1 nitrogen and oxygen atoms in total. The summed E-state index contributed by atoms with van der Waals surface area (Å²) in [5, 5.41) is 0. The van der Waals surface area contributed by atoms with Gasteiger partial charge < -0.3 is 0 Å². The summed E-state index contributed by atoms with van der Waals surface area (Å²) in [5.74, 6) is 2.95. The van der Waals surface area contributed by atoms with E-state index in [1.807, 2.05) is 0 Å². The monoisotopic (exact) mass is 229 g/mol. The van der Waals surface area contributed by atoms with Crippen LogP contribution in [0.25, 0.3) is 0 Å². The molecule has 3 aliphatic rings. The molecule has 92 valence electrons. The molecular formula is C16H23N. The normalized spacial score (nSPS) is 42.9. The van der Waals surface area contributed by atoms with E-state index in [0.717, 1.165) is 17.8 Å². The van der Waals surface area contributed by atoms with Crippen LogP contribution >= 0.6 is 0 Å². The second kappa shape index (κ2) is 4.12. The molecule has 0 aromatic carbocycles. The summed E-state index contributed by atoms with van der Waals surface area (Å²) < 4.78 is 0. The molecular weight excluding hydrogens is 206 g/mol. The van der Waals surface area contributed by atoms with E-state index in [4.69, 9.17) is 4.99 Å². The SMILES string of the molecule is CC=C1C2=CCC(C3CC3C)CCC2N=C1C. The Labute approximate surface area is 105 Å². The molecule has 3 rings (SSSR count). The van der Waals surface area contributed by atoms with Crippen molar-refractivity contribution in [3.63, 3.8) is 0 Å². The Kier molecular flexibility index (Phi) is 2.72. The Bertz CT molecular complexity index is 413. The van der Waals surface area contributed by atoms with Gasteiger partial charge in [-0.05, 0) is 68.4 Å². The van der Waals surface area contributed by atoms with E-state index in [1.54, 1.807) is 0 Å². The largest absolute Gasteiger partial charge is 0.281 e.